The van der Waals surface area contributed by atoms with Crippen molar-refractivity contribution >= 4 is 9.84 Å². The molecule has 0 spiro atoms. The molecule has 1 unspecified atom stereocenters. The Bertz CT molecular complexity index is 590. The molecular formula is C11H18N2O4S. The number of aromatic nitrogens is 1. The van der Waals surface area contributed by atoms with Gasteiger partial charge in [0.1, 0.15) is 9.84 Å². The van der Waals surface area contributed by atoms with Crippen molar-refractivity contribution in [3.63, 3.8) is 0 Å². The molecule has 2 N–H and O–H groups in total. The normalized spacial score (nSPS) is 16.3. The molecule has 6 nitrogen and oxygen atoms in total. The Hall–Kier alpha value is -1.34. The maximum atomic E-state index is 11.2. The Labute approximate surface area is 111 Å². The van der Waals surface area contributed by atoms with Crippen LogP contribution in [-0.4, -0.2) is 39.1 Å². The van der Waals surface area contributed by atoms with Gasteiger partial charge in [-0.2, -0.15) is 0 Å². The summed E-state index contributed by atoms with van der Waals surface area (Å²) in [6.45, 7) is 1.94. The van der Waals surface area contributed by atoms with Gasteiger partial charge in [-0.25, -0.2) is 13.4 Å². The highest BCUT2D eigenvalue weighted by atomic mass is 32.2. The van der Waals surface area contributed by atoms with Gasteiger partial charge in [0.15, 0.2) is 5.75 Å². The number of hydrogen-bond donors (Lipinski definition) is 1. The molecule has 1 atom stereocenters. The van der Waals surface area contributed by atoms with Gasteiger partial charge in [0, 0.05) is 6.26 Å². The van der Waals surface area contributed by atoms with Gasteiger partial charge in [-0.3, -0.25) is 0 Å². The summed E-state index contributed by atoms with van der Waals surface area (Å²) in [5.74, 6) is -0.354. The molecule has 7 heteroatoms. The van der Waals surface area contributed by atoms with Crippen LogP contribution >= 0.6 is 0 Å². The maximum Gasteiger partial charge on any atom is 0.257 e. The summed E-state index contributed by atoms with van der Waals surface area (Å²) in [6, 6.07) is 1.93. The molecule has 1 aromatic heterocycles. The first-order valence-corrected chi connectivity index (χ1v) is 7.34. The second kappa shape index (κ2) is 6.01. The predicted octanol–water partition coefficient (Wildman–Crippen LogP) is 0.533. The van der Waals surface area contributed by atoms with E-state index in [2.05, 4.69) is 4.98 Å². The summed E-state index contributed by atoms with van der Waals surface area (Å²) >= 11 is 0. The van der Waals surface area contributed by atoms with Gasteiger partial charge in [0.25, 0.3) is 5.88 Å². The van der Waals surface area contributed by atoms with Crippen LogP contribution in [0.5, 0.6) is 11.6 Å². The first kappa shape index (κ1) is 10.6. The van der Waals surface area contributed by atoms with Crippen LogP contribution in [0.1, 0.15) is 22.8 Å². The summed E-state index contributed by atoms with van der Waals surface area (Å²) in [4.78, 5) is 4.04. The van der Waals surface area contributed by atoms with Crippen molar-refractivity contribution in [2.75, 3.05) is 25.7 Å². The fraction of sp³-hybridized carbons (Fsp3) is 0.545. The van der Waals surface area contributed by atoms with E-state index >= 15 is 0 Å². The highest BCUT2D eigenvalue weighted by Crippen LogP contribution is 2.26. The van der Waals surface area contributed by atoms with Crippen molar-refractivity contribution < 1.29 is 22.0 Å². The molecule has 0 saturated heterocycles. The van der Waals surface area contributed by atoms with Gasteiger partial charge in [0.2, 0.25) is 0 Å². The van der Waals surface area contributed by atoms with Crippen molar-refractivity contribution in [1.82, 2.24) is 4.98 Å². The quantitative estimate of drug-likeness (QED) is 0.815. The number of ether oxygens (including phenoxy) is 2. The fourth-order valence-corrected chi connectivity index (χ4v) is 2.20. The van der Waals surface area contributed by atoms with E-state index in [4.69, 9.17) is 19.3 Å². The highest BCUT2D eigenvalue weighted by Gasteiger charge is 2.17. The van der Waals surface area contributed by atoms with Crippen LogP contribution in [-0.2, 0) is 9.84 Å². The second-order valence-electron chi connectivity index (χ2n) is 3.77. The minimum absolute atomic E-state index is 0.0323. The Morgan fingerprint density at radius 2 is 2.28 bits per heavy atom. The first-order valence-electron chi connectivity index (χ1n) is 6.78. The van der Waals surface area contributed by atoms with Crippen molar-refractivity contribution in [2.45, 2.75) is 13.0 Å². The van der Waals surface area contributed by atoms with E-state index in [1.165, 1.54) is 12.1 Å². The average Bonchev–Trinajstić information content (AvgIpc) is 2.27. The Morgan fingerprint density at radius 3 is 2.83 bits per heavy atom. The van der Waals surface area contributed by atoms with Gasteiger partial charge in [0.05, 0.1) is 35.2 Å². The van der Waals surface area contributed by atoms with Crippen LogP contribution in [0.3, 0.4) is 0 Å². The zero-order valence-electron chi connectivity index (χ0n) is 13.2. The molecule has 1 heterocycles. The predicted molar refractivity (Wildman–Crippen MR) is 68.6 cm³/mol. The molecule has 1 aromatic rings. The third kappa shape index (κ3) is 4.15. The molecule has 0 aromatic carbocycles. The summed E-state index contributed by atoms with van der Waals surface area (Å²) in [5, 5.41) is 0. The standard InChI is InChI=1S/C11H18N2O4S/c1-4-17-11-10(16-2)6-5-9(13-11)8(12)7-18(3,14)15/h5-6,8H,4,7,12H2,1-3H3/i2D3. The number of nitrogens with two attached hydrogens (primary N) is 1. The lowest BCUT2D eigenvalue weighted by molar-refractivity contribution is 0.297. The van der Waals surface area contributed by atoms with Crippen LogP contribution in [0.15, 0.2) is 12.1 Å². The van der Waals surface area contributed by atoms with E-state index < -0.39 is 22.9 Å². The second-order valence-corrected chi connectivity index (χ2v) is 5.96. The van der Waals surface area contributed by atoms with Gasteiger partial charge in [-0.05, 0) is 19.1 Å². The van der Waals surface area contributed by atoms with Gasteiger partial charge >= 0.3 is 0 Å². The molecule has 18 heavy (non-hydrogen) atoms. The minimum Gasteiger partial charge on any atom is -0.491 e. The van der Waals surface area contributed by atoms with Crippen molar-refractivity contribution in [2.24, 2.45) is 5.73 Å². The zero-order chi connectivity index (χ0) is 16.3. The van der Waals surface area contributed by atoms with Crippen LogP contribution in [0, 0.1) is 0 Å². The third-order valence-electron chi connectivity index (χ3n) is 2.10. The van der Waals surface area contributed by atoms with E-state index in [9.17, 15) is 8.42 Å². The number of pyridine rings is 1. The lowest BCUT2D eigenvalue weighted by Gasteiger charge is -2.13. The van der Waals surface area contributed by atoms with Crippen LogP contribution in [0.25, 0.3) is 0 Å². The van der Waals surface area contributed by atoms with E-state index in [1.54, 1.807) is 6.92 Å². The topological polar surface area (TPSA) is 91.5 Å². The summed E-state index contributed by atoms with van der Waals surface area (Å²) in [5.41, 5.74) is 6.05. The lowest BCUT2D eigenvalue weighted by atomic mass is 10.2. The molecule has 1 rings (SSSR count). The summed E-state index contributed by atoms with van der Waals surface area (Å²) in [7, 11) is -5.90. The van der Waals surface area contributed by atoms with Crippen LogP contribution in [0.2, 0.25) is 0 Å². The van der Waals surface area contributed by atoms with Crippen LogP contribution in [0.4, 0.5) is 0 Å². The average molecular weight is 277 g/mol. The molecule has 0 saturated carbocycles. The first-order chi connectivity index (χ1) is 9.52. The maximum absolute atomic E-state index is 11.2. The van der Waals surface area contributed by atoms with Gasteiger partial charge < -0.3 is 15.2 Å². The molecule has 0 aliphatic rings. The van der Waals surface area contributed by atoms with Crippen molar-refractivity contribution in [1.29, 1.82) is 0 Å². The molecule has 0 radical (unpaired) electrons. The Kier molecular flexibility index (Phi) is 3.53. The number of nitrogens with zero attached hydrogens (tertiary/aromatic N) is 1. The van der Waals surface area contributed by atoms with E-state index in [-0.39, 0.29) is 29.7 Å². The molecule has 0 fully saturated rings. The van der Waals surface area contributed by atoms with E-state index in [0.29, 0.717) is 0 Å². The summed E-state index contributed by atoms with van der Waals surface area (Å²) < 4.78 is 53.7. The van der Waals surface area contributed by atoms with E-state index in [1.807, 2.05) is 0 Å². The minimum atomic E-state index is -3.26. The van der Waals surface area contributed by atoms with Gasteiger partial charge in [-0.15, -0.1) is 0 Å². The van der Waals surface area contributed by atoms with Crippen LogP contribution < -0.4 is 15.2 Å². The Morgan fingerprint density at radius 1 is 1.56 bits per heavy atom. The number of rotatable bonds is 6. The number of hydrogen-bond acceptors (Lipinski definition) is 6. The van der Waals surface area contributed by atoms with E-state index in [0.717, 1.165) is 6.26 Å². The largest absolute Gasteiger partial charge is 0.491 e. The van der Waals surface area contributed by atoms with Gasteiger partial charge in [-0.1, -0.05) is 0 Å². The molecule has 0 aliphatic carbocycles. The Balaban J connectivity index is 3.07. The van der Waals surface area contributed by atoms with Crippen molar-refractivity contribution in [3.05, 3.63) is 17.8 Å². The monoisotopic (exact) mass is 277 g/mol. The summed E-state index contributed by atoms with van der Waals surface area (Å²) in [6.07, 6.45) is 1.07. The molecule has 0 aliphatic heterocycles. The number of methoxy groups -OCH3 is 1. The van der Waals surface area contributed by atoms with Crippen molar-refractivity contribution in [3.8, 4) is 11.6 Å². The lowest BCUT2D eigenvalue weighted by Crippen LogP contribution is -2.22. The third-order valence-corrected chi connectivity index (χ3v) is 3.06. The number of sulfone groups is 1. The highest BCUT2D eigenvalue weighted by molar-refractivity contribution is 7.90. The molecule has 0 bridgehead atoms. The molecule has 0 amide bonds. The smallest absolute Gasteiger partial charge is 0.257 e. The SMILES string of the molecule is [2H]C([2H])([2H])Oc1ccc(C(N)CS(C)(=O)=O)nc1OCC. The zero-order valence-corrected chi connectivity index (χ0v) is 11.0. The molecular weight excluding hydrogens is 256 g/mol. The molecule has 102 valence electrons. The fourth-order valence-electron chi connectivity index (χ4n) is 1.38.